The van der Waals surface area contributed by atoms with Gasteiger partial charge in [0, 0.05) is 12.7 Å². The van der Waals surface area contributed by atoms with Crippen molar-refractivity contribution in [2.75, 3.05) is 5.73 Å². The third-order valence-corrected chi connectivity index (χ3v) is 3.97. The zero-order valence-corrected chi connectivity index (χ0v) is 12.5. The van der Waals surface area contributed by atoms with Crippen molar-refractivity contribution in [2.24, 2.45) is 17.8 Å². The number of nitrogen functional groups attached to an aromatic ring is 1. The van der Waals surface area contributed by atoms with Crippen LogP contribution in [0.4, 0.5) is 5.95 Å². The summed E-state index contributed by atoms with van der Waals surface area (Å²) in [5.41, 5.74) is 9.04. The number of rotatable bonds is 4. The van der Waals surface area contributed by atoms with Crippen LogP contribution in [-0.4, -0.2) is 14.5 Å². The molecule has 0 amide bonds. The second-order valence-electron chi connectivity index (χ2n) is 6.03. The van der Waals surface area contributed by atoms with Gasteiger partial charge in [-0.25, -0.2) is 9.97 Å². The van der Waals surface area contributed by atoms with E-state index < -0.39 is 0 Å². The van der Waals surface area contributed by atoms with Gasteiger partial charge >= 0.3 is 0 Å². The summed E-state index contributed by atoms with van der Waals surface area (Å²) >= 11 is 0. The van der Waals surface area contributed by atoms with E-state index in [1.165, 1.54) is 0 Å². The maximum Gasteiger partial charge on any atom is 0.202 e. The molecule has 2 aromatic heterocycles. The first-order valence-corrected chi connectivity index (χ1v) is 6.99. The van der Waals surface area contributed by atoms with Gasteiger partial charge in [0.25, 0.3) is 0 Å². The van der Waals surface area contributed by atoms with E-state index in [1.807, 2.05) is 19.2 Å². The first kappa shape index (κ1) is 13.8. The van der Waals surface area contributed by atoms with Crippen molar-refractivity contribution >= 4 is 17.1 Å². The van der Waals surface area contributed by atoms with Crippen LogP contribution in [0.5, 0.6) is 0 Å². The number of nitrogens with two attached hydrogens (primary N) is 1. The van der Waals surface area contributed by atoms with Crippen molar-refractivity contribution in [2.45, 2.75) is 41.2 Å². The Morgan fingerprint density at radius 1 is 1.21 bits per heavy atom. The lowest BCUT2D eigenvalue weighted by Gasteiger charge is -2.25. The van der Waals surface area contributed by atoms with Crippen LogP contribution >= 0.6 is 0 Å². The Hall–Kier alpha value is -1.58. The Kier molecular flexibility index (Phi) is 3.78. The van der Waals surface area contributed by atoms with Gasteiger partial charge in [0.1, 0.15) is 5.52 Å². The number of hydrogen-bond acceptors (Lipinski definition) is 3. The molecule has 4 heteroatoms. The summed E-state index contributed by atoms with van der Waals surface area (Å²) in [6, 6.07) is 1.97. The number of imidazole rings is 1. The van der Waals surface area contributed by atoms with Crippen molar-refractivity contribution in [1.29, 1.82) is 0 Å². The Morgan fingerprint density at radius 3 is 2.42 bits per heavy atom. The predicted molar refractivity (Wildman–Crippen MR) is 79.8 cm³/mol. The highest BCUT2D eigenvalue weighted by Crippen LogP contribution is 2.26. The van der Waals surface area contributed by atoms with Gasteiger partial charge in [-0.2, -0.15) is 0 Å². The van der Waals surface area contributed by atoms with Crippen molar-refractivity contribution in [3.05, 3.63) is 17.8 Å². The first-order valence-electron chi connectivity index (χ1n) is 6.99. The van der Waals surface area contributed by atoms with E-state index in [9.17, 15) is 0 Å². The molecule has 0 saturated carbocycles. The molecule has 2 rings (SSSR count). The maximum atomic E-state index is 6.08. The van der Waals surface area contributed by atoms with E-state index in [0.29, 0.717) is 23.7 Å². The van der Waals surface area contributed by atoms with Gasteiger partial charge in [-0.15, -0.1) is 0 Å². The summed E-state index contributed by atoms with van der Waals surface area (Å²) in [7, 11) is 0. The summed E-state index contributed by atoms with van der Waals surface area (Å²) < 4.78 is 2.06. The highest BCUT2D eigenvalue weighted by molar-refractivity contribution is 5.77. The van der Waals surface area contributed by atoms with Gasteiger partial charge < -0.3 is 5.73 Å². The highest BCUT2D eigenvalue weighted by atomic mass is 15.2. The number of pyridine rings is 1. The second-order valence-corrected chi connectivity index (χ2v) is 6.03. The molecule has 0 radical (unpaired) electrons. The maximum absolute atomic E-state index is 6.08. The fraction of sp³-hybridized carbons (Fsp3) is 0.600. The quantitative estimate of drug-likeness (QED) is 0.918. The fourth-order valence-electron chi connectivity index (χ4n) is 2.74. The summed E-state index contributed by atoms with van der Waals surface area (Å²) in [5, 5.41) is 0. The predicted octanol–water partition coefficient (Wildman–Crippen LogP) is 3.25. The minimum atomic E-state index is 0.571. The molecule has 2 aromatic rings. The Labute approximate surface area is 115 Å². The van der Waals surface area contributed by atoms with Crippen molar-refractivity contribution < 1.29 is 0 Å². The molecule has 0 aromatic carbocycles. The number of anilines is 1. The normalized spacial score (nSPS) is 12.2. The standard InChI is InChI=1S/C15H24N4/c1-9(2)12(10(3)4)8-19-14-13(18-15(19)16)11(5)6-7-17-14/h6-7,9-10,12H,8H2,1-5H3,(H2,16,18). The SMILES string of the molecule is Cc1ccnc2c1nc(N)n2CC(C(C)C)C(C)C. The summed E-state index contributed by atoms with van der Waals surface area (Å²) in [6.07, 6.45) is 1.83. The second kappa shape index (κ2) is 5.19. The third-order valence-electron chi connectivity index (χ3n) is 3.97. The molecule has 2 heterocycles. The molecule has 0 aliphatic heterocycles. The smallest absolute Gasteiger partial charge is 0.202 e. The summed E-state index contributed by atoms with van der Waals surface area (Å²) in [5.74, 6) is 2.37. The number of hydrogen-bond donors (Lipinski definition) is 1. The monoisotopic (exact) mass is 260 g/mol. The van der Waals surface area contributed by atoms with E-state index in [2.05, 4.69) is 42.2 Å². The molecule has 19 heavy (non-hydrogen) atoms. The zero-order valence-electron chi connectivity index (χ0n) is 12.5. The lowest BCUT2D eigenvalue weighted by molar-refractivity contribution is 0.255. The number of aromatic nitrogens is 3. The van der Waals surface area contributed by atoms with E-state index in [1.54, 1.807) is 0 Å². The van der Waals surface area contributed by atoms with Crippen molar-refractivity contribution in [3.63, 3.8) is 0 Å². The molecule has 2 N–H and O–H groups in total. The lowest BCUT2D eigenvalue weighted by Crippen LogP contribution is -2.22. The van der Waals surface area contributed by atoms with Crippen LogP contribution in [0.3, 0.4) is 0 Å². The van der Waals surface area contributed by atoms with Crippen LogP contribution in [0.25, 0.3) is 11.2 Å². The van der Waals surface area contributed by atoms with Crippen LogP contribution < -0.4 is 5.73 Å². The van der Waals surface area contributed by atoms with Gasteiger partial charge in [0.15, 0.2) is 5.65 Å². The van der Waals surface area contributed by atoms with Crippen LogP contribution in [0.15, 0.2) is 12.3 Å². The molecular weight excluding hydrogens is 236 g/mol. The van der Waals surface area contributed by atoms with Crippen LogP contribution in [-0.2, 0) is 6.54 Å². The van der Waals surface area contributed by atoms with E-state index in [0.717, 1.165) is 23.3 Å². The van der Waals surface area contributed by atoms with Crippen LogP contribution in [0, 0.1) is 24.7 Å². The fourth-order valence-corrected chi connectivity index (χ4v) is 2.74. The number of fused-ring (bicyclic) bond motifs is 1. The highest BCUT2D eigenvalue weighted by Gasteiger charge is 2.21. The third kappa shape index (κ3) is 2.57. The molecule has 0 aliphatic carbocycles. The molecule has 4 nitrogen and oxygen atoms in total. The molecule has 0 fully saturated rings. The van der Waals surface area contributed by atoms with Crippen molar-refractivity contribution in [1.82, 2.24) is 14.5 Å². The average Bonchev–Trinajstić information content (AvgIpc) is 2.63. The Balaban J connectivity index is 2.45. The van der Waals surface area contributed by atoms with E-state index in [4.69, 9.17) is 5.73 Å². The molecule has 0 bridgehead atoms. The van der Waals surface area contributed by atoms with Gasteiger partial charge in [0.2, 0.25) is 5.95 Å². The minimum absolute atomic E-state index is 0.571. The molecule has 0 saturated heterocycles. The zero-order chi connectivity index (χ0) is 14.2. The number of nitrogens with zero attached hydrogens (tertiary/aromatic N) is 3. The molecule has 0 atom stereocenters. The average molecular weight is 260 g/mol. The summed E-state index contributed by atoms with van der Waals surface area (Å²) in [6.45, 7) is 12.0. The summed E-state index contributed by atoms with van der Waals surface area (Å²) in [4.78, 5) is 8.92. The van der Waals surface area contributed by atoms with E-state index >= 15 is 0 Å². The minimum Gasteiger partial charge on any atom is -0.369 e. The van der Waals surface area contributed by atoms with Crippen LogP contribution in [0.2, 0.25) is 0 Å². The van der Waals surface area contributed by atoms with Gasteiger partial charge in [-0.3, -0.25) is 4.57 Å². The van der Waals surface area contributed by atoms with Gasteiger partial charge in [0.05, 0.1) is 0 Å². The van der Waals surface area contributed by atoms with Gasteiger partial charge in [-0.1, -0.05) is 27.7 Å². The topological polar surface area (TPSA) is 56.7 Å². The largest absolute Gasteiger partial charge is 0.369 e. The molecular formula is C15H24N4. The first-order chi connectivity index (χ1) is 8.91. The van der Waals surface area contributed by atoms with Crippen LogP contribution in [0.1, 0.15) is 33.3 Å². The lowest BCUT2D eigenvalue weighted by atomic mass is 9.85. The Morgan fingerprint density at radius 2 is 1.84 bits per heavy atom. The Bertz CT molecular complexity index is 561. The molecule has 0 aliphatic rings. The number of aryl methyl sites for hydroxylation is 1. The molecule has 0 unspecified atom stereocenters. The van der Waals surface area contributed by atoms with Crippen molar-refractivity contribution in [3.8, 4) is 0 Å². The van der Waals surface area contributed by atoms with Gasteiger partial charge in [-0.05, 0) is 36.3 Å². The molecule has 104 valence electrons. The van der Waals surface area contributed by atoms with E-state index in [-0.39, 0.29) is 0 Å². The molecule has 0 spiro atoms.